The van der Waals surface area contributed by atoms with Gasteiger partial charge in [0, 0.05) is 11.8 Å². The summed E-state index contributed by atoms with van der Waals surface area (Å²) in [6, 6.07) is 10.3. The third-order valence-electron chi connectivity index (χ3n) is 2.19. The van der Waals surface area contributed by atoms with Crippen molar-refractivity contribution in [3.05, 3.63) is 30.3 Å². The Morgan fingerprint density at radius 2 is 2.06 bits per heavy atom. The fourth-order valence-electron chi connectivity index (χ4n) is 1.24. The molecule has 1 aromatic rings. The Kier molecular flexibility index (Phi) is 6.01. The van der Waals surface area contributed by atoms with Crippen molar-refractivity contribution < 1.29 is 9.53 Å². The lowest BCUT2D eigenvalue weighted by molar-refractivity contribution is -0.142. The third kappa shape index (κ3) is 5.81. The number of hydrogen-bond donors (Lipinski definition) is 0. The molecule has 1 aromatic carbocycles. The SMILES string of the molecule is CC(=O)OC[C@@H](C)CCSc1ccccc1. The number of thioether (sulfide) groups is 1. The van der Waals surface area contributed by atoms with Crippen LogP contribution in [0.15, 0.2) is 35.2 Å². The average Bonchev–Trinajstić information content (AvgIpc) is 2.28. The first-order chi connectivity index (χ1) is 7.68. The first kappa shape index (κ1) is 13.1. The molecule has 0 aliphatic carbocycles. The summed E-state index contributed by atoms with van der Waals surface area (Å²) >= 11 is 1.84. The molecule has 0 fully saturated rings. The van der Waals surface area contributed by atoms with E-state index in [4.69, 9.17) is 4.74 Å². The molecule has 88 valence electrons. The molecule has 0 amide bonds. The van der Waals surface area contributed by atoms with Crippen molar-refractivity contribution in [3.8, 4) is 0 Å². The van der Waals surface area contributed by atoms with E-state index in [0.29, 0.717) is 12.5 Å². The lowest BCUT2D eigenvalue weighted by Gasteiger charge is -2.10. The topological polar surface area (TPSA) is 26.3 Å². The maximum absolute atomic E-state index is 10.6. The van der Waals surface area contributed by atoms with Gasteiger partial charge < -0.3 is 4.74 Å². The molecule has 3 heteroatoms. The van der Waals surface area contributed by atoms with E-state index in [1.54, 1.807) is 0 Å². The van der Waals surface area contributed by atoms with Crippen molar-refractivity contribution in [2.45, 2.75) is 25.2 Å². The van der Waals surface area contributed by atoms with Gasteiger partial charge in [0.15, 0.2) is 0 Å². The standard InChI is InChI=1S/C13H18O2S/c1-11(10-15-12(2)14)8-9-16-13-6-4-3-5-7-13/h3-7,11H,8-10H2,1-2H3/t11-/m0/s1. The van der Waals surface area contributed by atoms with Gasteiger partial charge in [-0.05, 0) is 30.2 Å². The third-order valence-corrected chi connectivity index (χ3v) is 3.24. The molecule has 0 radical (unpaired) electrons. The zero-order valence-corrected chi connectivity index (χ0v) is 10.6. The smallest absolute Gasteiger partial charge is 0.302 e. The van der Waals surface area contributed by atoms with Gasteiger partial charge in [0.05, 0.1) is 6.61 Å². The van der Waals surface area contributed by atoms with E-state index in [0.717, 1.165) is 12.2 Å². The van der Waals surface area contributed by atoms with Crippen molar-refractivity contribution in [2.24, 2.45) is 5.92 Å². The molecular weight excluding hydrogens is 220 g/mol. The van der Waals surface area contributed by atoms with Gasteiger partial charge in [0.25, 0.3) is 0 Å². The Morgan fingerprint density at radius 1 is 1.38 bits per heavy atom. The summed E-state index contributed by atoms with van der Waals surface area (Å²) in [5.41, 5.74) is 0. The quantitative estimate of drug-likeness (QED) is 0.561. The summed E-state index contributed by atoms with van der Waals surface area (Å²) in [5.74, 6) is 1.30. The summed E-state index contributed by atoms with van der Waals surface area (Å²) < 4.78 is 4.96. The van der Waals surface area contributed by atoms with Gasteiger partial charge in [-0.1, -0.05) is 25.1 Å². The van der Waals surface area contributed by atoms with Crippen molar-refractivity contribution in [1.29, 1.82) is 0 Å². The maximum atomic E-state index is 10.6. The van der Waals surface area contributed by atoms with Gasteiger partial charge in [-0.3, -0.25) is 4.79 Å². The number of rotatable bonds is 6. The summed E-state index contributed by atoms with van der Waals surface area (Å²) in [6.07, 6.45) is 1.06. The van der Waals surface area contributed by atoms with Crippen LogP contribution in [0.2, 0.25) is 0 Å². The molecule has 0 saturated carbocycles. The van der Waals surface area contributed by atoms with E-state index < -0.39 is 0 Å². The van der Waals surface area contributed by atoms with Gasteiger partial charge in [0.2, 0.25) is 0 Å². The van der Waals surface area contributed by atoms with E-state index in [2.05, 4.69) is 19.1 Å². The number of esters is 1. The molecule has 0 saturated heterocycles. The number of hydrogen-bond acceptors (Lipinski definition) is 3. The minimum Gasteiger partial charge on any atom is -0.466 e. The van der Waals surface area contributed by atoms with Crippen LogP contribution in [0.3, 0.4) is 0 Å². The van der Waals surface area contributed by atoms with Gasteiger partial charge >= 0.3 is 5.97 Å². The monoisotopic (exact) mass is 238 g/mol. The lowest BCUT2D eigenvalue weighted by atomic mass is 10.1. The minimum absolute atomic E-state index is 0.192. The Balaban J connectivity index is 2.13. The Morgan fingerprint density at radius 3 is 2.69 bits per heavy atom. The zero-order valence-electron chi connectivity index (χ0n) is 9.81. The van der Waals surface area contributed by atoms with Crippen LogP contribution >= 0.6 is 11.8 Å². The number of carbonyl (C=O) groups is 1. The molecule has 0 heterocycles. The highest BCUT2D eigenvalue weighted by atomic mass is 32.2. The van der Waals surface area contributed by atoms with Crippen LogP contribution in [0.4, 0.5) is 0 Å². The van der Waals surface area contributed by atoms with Gasteiger partial charge in [-0.2, -0.15) is 0 Å². The molecule has 0 aliphatic rings. The largest absolute Gasteiger partial charge is 0.466 e. The summed E-state index contributed by atoms with van der Waals surface area (Å²) in [5, 5.41) is 0. The minimum atomic E-state index is -0.192. The van der Waals surface area contributed by atoms with Crippen molar-refractivity contribution in [3.63, 3.8) is 0 Å². The van der Waals surface area contributed by atoms with Crippen LogP contribution in [-0.2, 0) is 9.53 Å². The first-order valence-corrected chi connectivity index (χ1v) is 6.48. The second-order valence-electron chi connectivity index (χ2n) is 3.86. The molecule has 1 atom stereocenters. The average molecular weight is 238 g/mol. The van der Waals surface area contributed by atoms with E-state index >= 15 is 0 Å². The highest BCUT2D eigenvalue weighted by Crippen LogP contribution is 2.19. The fraction of sp³-hybridized carbons (Fsp3) is 0.462. The first-order valence-electron chi connectivity index (χ1n) is 5.49. The Bertz CT molecular complexity index is 311. The van der Waals surface area contributed by atoms with Crippen LogP contribution in [0.25, 0.3) is 0 Å². The predicted molar refractivity (Wildman–Crippen MR) is 67.6 cm³/mol. The number of benzene rings is 1. The Labute approximate surface area is 101 Å². The van der Waals surface area contributed by atoms with Crippen LogP contribution < -0.4 is 0 Å². The maximum Gasteiger partial charge on any atom is 0.302 e. The molecule has 0 unspecified atom stereocenters. The molecule has 1 rings (SSSR count). The second kappa shape index (κ2) is 7.34. The predicted octanol–water partition coefficient (Wildman–Crippen LogP) is 3.37. The molecule has 0 spiro atoms. The molecule has 0 aliphatic heterocycles. The molecule has 0 N–H and O–H groups in total. The van der Waals surface area contributed by atoms with Crippen molar-refractivity contribution >= 4 is 17.7 Å². The zero-order chi connectivity index (χ0) is 11.8. The van der Waals surface area contributed by atoms with Crippen LogP contribution in [0.1, 0.15) is 20.3 Å². The lowest BCUT2D eigenvalue weighted by Crippen LogP contribution is -2.09. The van der Waals surface area contributed by atoms with Gasteiger partial charge in [0.1, 0.15) is 0 Å². The van der Waals surface area contributed by atoms with Crippen LogP contribution in [-0.4, -0.2) is 18.3 Å². The second-order valence-corrected chi connectivity index (χ2v) is 5.03. The van der Waals surface area contributed by atoms with Crippen molar-refractivity contribution in [2.75, 3.05) is 12.4 Å². The highest BCUT2D eigenvalue weighted by molar-refractivity contribution is 7.99. The van der Waals surface area contributed by atoms with E-state index in [1.807, 2.05) is 30.0 Å². The van der Waals surface area contributed by atoms with Gasteiger partial charge in [-0.25, -0.2) is 0 Å². The fourth-order valence-corrected chi connectivity index (χ4v) is 2.34. The van der Waals surface area contributed by atoms with Crippen LogP contribution in [0.5, 0.6) is 0 Å². The molecule has 0 aromatic heterocycles. The summed E-state index contributed by atoms with van der Waals surface area (Å²) in [4.78, 5) is 11.9. The van der Waals surface area contributed by atoms with E-state index in [-0.39, 0.29) is 5.97 Å². The molecular formula is C13H18O2S. The van der Waals surface area contributed by atoms with Crippen molar-refractivity contribution in [1.82, 2.24) is 0 Å². The summed E-state index contributed by atoms with van der Waals surface area (Å²) in [7, 11) is 0. The number of ether oxygens (including phenoxy) is 1. The number of carbonyl (C=O) groups excluding carboxylic acids is 1. The van der Waals surface area contributed by atoms with E-state index in [9.17, 15) is 4.79 Å². The molecule has 0 bridgehead atoms. The van der Waals surface area contributed by atoms with Crippen LogP contribution in [0, 0.1) is 5.92 Å². The molecule has 2 nitrogen and oxygen atoms in total. The molecule has 16 heavy (non-hydrogen) atoms. The van der Waals surface area contributed by atoms with Gasteiger partial charge in [-0.15, -0.1) is 11.8 Å². The summed E-state index contributed by atoms with van der Waals surface area (Å²) in [6.45, 7) is 4.09. The van der Waals surface area contributed by atoms with E-state index in [1.165, 1.54) is 11.8 Å². The highest BCUT2D eigenvalue weighted by Gasteiger charge is 2.04. The Hall–Kier alpha value is -0.960. The normalized spacial score (nSPS) is 12.1.